The van der Waals surface area contributed by atoms with Gasteiger partial charge in [-0.25, -0.2) is 0 Å². The fourth-order valence-electron chi connectivity index (χ4n) is 7.74. The summed E-state index contributed by atoms with van der Waals surface area (Å²) in [6, 6.07) is 41.1. The molecule has 3 heteroatoms. The van der Waals surface area contributed by atoms with Crippen LogP contribution < -0.4 is 5.30 Å². The molecule has 0 saturated carbocycles. The average Bonchev–Trinajstić information content (AvgIpc) is 3.48. The van der Waals surface area contributed by atoms with Crippen molar-refractivity contribution in [3.05, 3.63) is 156 Å². The third-order valence-electron chi connectivity index (χ3n) is 9.78. The minimum atomic E-state index is -2.95. The third kappa shape index (κ3) is 3.92. The van der Waals surface area contributed by atoms with Crippen molar-refractivity contribution in [2.24, 2.45) is 0 Å². The Bertz CT molecular complexity index is 2510. The van der Waals surface area contributed by atoms with Crippen molar-refractivity contribution in [1.29, 1.82) is 0 Å². The second-order valence-electron chi connectivity index (χ2n) is 12.2. The second kappa shape index (κ2) is 10.3. The Morgan fingerprint density at radius 2 is 1.24 bits per heavy atom. The average molecular weight is 598 g/mol. The first-order valence-corrected chi connectivity index (χ1v) is 17.6. The Morgan fingerprint density at radius 1 is 0.556 bits per heavy atom. The van der Waals surface area contributed by atoms with Gasteiger partial charge in [-0.3, -0.25) is 0 Å². The zero-order valence-corrected chi connectivity index (χ0v) is 25.9. The van der Waals surface area contributed by atoms with Gasteiger partial charge in [-0.15, -0.1) is 0 Å². The van der Waals surface area contributed by atoms with Gasteiger partial charge in [0.25, 0.3) is 0 Å². The highest BCUT2D eigenvalue weighted by Crippen LogP contribution is 2.63. The molecule has 0 spiro atoms. The van der Waals surface area contributed by atoms with Crippen molar-refractivity contribution >= 4 is 72.3 Å². The van der Waals surface area contributed by atoms with Crippen LogP contribution in [-0.4, -0.2) is 4.57 Å². The van der Waals surface area contributed by atoms with Crippen molar-refractivity contribution in [3.8, 4) is 0 Å². The van der Waals surface area contributed by atoms with E-state index in [2.05, 4.69) is 120 Å². The number of nitrogens with zero attached hydrogens (tertiary/aromatic N) is 1. The number of hydrogen-bond donors (Lipinski definition) is 0. The maximum atomic E-state index is 15.2. The maximum absolute atomic E-state index is 15.2. The molecule has 1 heterocycles. The third-order valence-corrected chi connectivity index (χ3v) is 13.0. The van der Waals surface area contributed by atoms with Crippen molar-refractivity contribution < 1.29 is 4.57 Å². The molecule has 2 nitrogen and oxygen atoms in total. The predicted octanol–water partition coefficient (Wildman–Crippen LogP) is 11.7. The largest absolute Gasteiger partial charge is 0.312 e. The molecule has 0 aliphatic heterocycles. The summed E-state index contributed by atoms with van der Waals surface area (Å²) in [5, 5.41) is 13.1. The van der Waals surface area contributed by atoms with Crippen LogP contribution >= 0.6 is 7.14 Å². The van der Waals surface area contributed by atoms with Crippen LogP contribution in [0, 0.1) is 0 Å². The molecule has 9 rings (SSSR count). The molecular formula is C42H32NOP. The first-order valence-electron chi connectivity index (χ1n) is 15.9. The summed E-state index contributed by atoms with van der Waals surface area (Å²) in [5.41, 5.74) is 3.74. The lowest BCUT2D eigenvalue weighted by atomic mass is 9.96. The van der Waals surface area contributed by atoms with Crippen LogP contribution in [0.3, 0.4) is 0 Å². The fraction of sp³-hybridized carbons (Fsp3) is 0.0952. The maximum Gasteiger partial charge on any atom is 0.166 e. The van der Waals surface area contributed by atoms with E-state index in [4.69, 9.17) is 0 Å². The molecule has 1 aromatic heterocycles. The zero-order valence-electron chi connectivity index (χ0n) is 25.0. The van der Waals surface area contributed by atoms with Crippen molar-refractivity contribution in [2.75, 3.05) is 0 Å². The zero-order chi connectivity index (χ0) is 30.0. The molecule has 0 N–H and O–H groups in total. The summed E-state index contributed by atoms with van der Waals surface area (Å²) in [6.45, 7) is 0. The second-order valence-corrected chi connectivity index (χ2v) is 15.0. The molecule has 45 heavy (non-hydrogen) atoms. The number of allylic oxidation sites excluding steroid dienone is 8. The molecule has 7 aromatic rings. The van der Waals surface area contributed by atoms with Crippen LogP contribution in [0.2, 0.25) is 0 Å². The number of fused-ring (bicyclic) bond motifs is 10. The van der Waals surface area contributed by atoms with Crippen LogP contribution in [0.5, 0.6) is 0 Å². The minimum absolute atomic E-state index is 0.751. The van der Waals surface area contributed by atoms with E-state index >= 15 is 4.57 Å². The number of rotatable bonds is 4. The lowest BCUT2D eigenvalue weighted by Gasteiger charge is -2.27. The van der Waals surface area contributed by atoms with E-state index in [9.17, 15) is 0 Å². The van der Waals surface area contributed by atoms with E-state index < -0.39 is 7.14 Å². The predicted molar refractivity (Wildman–Crippen MR) is 194 cm³/mol. The number of hydrogen-bond acceptors (Lipinski definition) is 1. The lowest BCUT2D eigenvalue weighted by molar-refractivity contribution is 0.587. The van der Waals surface area contributed by atoms with Crippen molar-refractivity contribution in [2.45, 2.75) is 25.7 Å². The van der Waals surface area contributed by atoms with Gasteiger partial charge in [0, 0.05) is 37.9 Å². The van der Waals surface area contributed by atoms with E-state index in [1.54, 1.807) is 0 Å². The highest BCUT2D eigenvalue weighted by Gasteiger charge is 2.34. The first-order chi connectivity index (χ1) is 22.2. The van der Waals surface area contributed by atoms with Crippen LogP contribution in [0.15, 0.2) is 156 Å². The van der Waals surface area contributed by atoms with Gasteiger partial charge < -0.3 is 9.13 Å². The Morgan fingerprint density at radius 3 is 1.98 bits per heavy atom. The number of benzene rings is 6. The molecule has 2 aliphatic carbocycles. The summed E-state index contributed by atoms with van der Waals surface area (Å²) in [6.07, 6.45) is 14.4. The topological polar surface area (TPSA) is 22.0 Å². The SMILES string of the molecule is O=P(C1=CCCC=C1)(C1=CC=C(n2c3c4ccccc4ccc3c3c4ccccc4c4ccccc4c32)CC1)c1ccccc1. The number of aromatic nitrogens is 1. The molecule has 6 aromatic carbocycles. The van der Waals surface area contributed by atoms with Crippen LogP contribution in [-0.2, 0) is 4.57 Å². The monoisotopic (exact) mass is 597 g/mol. The van der Waals surface area contributed by atoms with E-state index in [0.29, 0.717) is 0 Å². The normalized spacial score (nSPS) is 16.7. The fourth-order valence-corrected chi connectivity index (χ4v) is 10.7. The van der Waals surface area contributed by atoms with Gasteiger partial charge in [0.05, 0.1) is 11.0 Å². The van der Waals surface area contributed by atoms with Crippen LogP contribution in [0.25, 0.3) is 59.8 Å². The molecule has 0 saturated heterocycles. The summed E-state index contributed by atoms with van der Waals surface area (Å²) < 4.78 is 17.7. The molecule has 1 unspecified atom stereocenters. The van der Waals surface area contributed by atoms with Gasteiger partial charge in [0.2, 0.25) is 0 Å². The van der Waals surface area contributed by atoms with Gasteiger partial charge in [-0.1, -0.05) is 140 Å². The first kappa shape index (κ1) is 26.5. The highest BCUT2D eigenvalue weighted by atomic mass is 31.2. The van der Waals surface area contributed by atoms with Gasteiger partial charge in [0.1, 0.15) is 0 Å². The molecule has 216 valence electrons. The molecule has 1 atom stereocenters. The van der Waals surface area contributed by atoms with Gasteiger partial charge in [-0.2, -0.15) is 0 Å². The van der Waals surface area contributed by atoms with Crippen LogP contribution in [0.1, 0.15) is 25.7 Å². The quantitative estimate of drug-likeness (QED) is 0.146. The molecule has 0 radical (unpaired) electrons. The standard InChI is InChI=1S/C42H32NOP/c44-45(31-14-3-1-4-15-31,32-16-5-2-6-17-32)33-26-24-30(25-27-33)43-41-34-18-8-7-13-29(34)23-28-39(41)40-37-21-11-9-19-35(37)36-20-10-12-22-38(36)42(40)43/h1,3-5,7-24,26,28H,2,6,25,27H2. The van der Waals surface area contributed by atoms with E-state index in [1.807, 2.05) is 30.3 Å². The Balaban J connectivity index is 1.37. The Hall–Kier alpha value is -4.91. The van der Waals surface area contributed by atoms with Gasteiger partial charge in [0.15, 0.2) is 7.14 Å². The van der Waals surface area contributed by atoms with Gasteiger partial charge >= 0.3 is 0 Å². The van der Waals surface area contributed by atoms with E-state index in [0.717, 1.165) is 41.6 Å². The minimum Gasteiger partial charge on any atom is -0.312 e. The lowest BCUT2D eigenvalue weighted by Crippen LogP contribution is -2.11. The summed E-state index contributed by atoms with van der Waals surface area (Å²) in [7, 11) is -2.95. The molecule has 0 bridgehead atoms. The van der Waals surface area contributed by atoms with Gasteiger partial charge in [-0.05, 0) is 58.6 Å². The van der Waals surface area contributed by atoms with E-state index in [1.165, 1.54) is 59.8 Å². The van der Waals surface area contributed by atoms with Crippen molar-refractivity contribution in [3.63, 3.8) is 0 Å². The Kier molecular flexibility index (Phi) is 6.08. The summed E-state index contributed by atoms with van der Waals surface area (Å²) in [5.74, 6) is 0. The smallest absolute Gasteiger partial charge is 0.166 e. The molecule has 0 fully saturated rings. The molecule has 0 amide bonds. The van der Waals surface area contributed by atoms with E-state index in [-0.39, 0.29) is 0 Å². The van der Waals surface area contributed by atoms with Crippen molar-refractivity contribution in [1.82, 2.24) is 4.57 Å². The highest BCUT2D eigenvalue weighted by molar-refractivity contribution is 7.79. The molecular weight excluding hydrogens is 565 g/mol. The molecule has 2 aliphatic rings. The Labute approximate surface area is 262 Å². The summed E-state index contributed by atoms with van der Waals surface area (Å²) >= 11 is 0. The van der Waals surface area contributed by atoms with Crippen LogP contribution in [0.4, 0.5) is 0 Å². The summed E-state index contributed by atoms with van der Waals surface area (Å²) in [4.78, 5) is 0.